The molecule has 1 fully saturated rings. The summed E-state index contributed by atoms with van der Waals surface area (Å²) >= 11 is 0. The lowest BCUT2D eigenvalue weighted by molar-refractivity contribution is -0.386. The molecule has 0 radical (unpaired) electrons. The first-order valence-electron chi connectivity index (χ1n) is 7.56. The van der Waals surface area contributed by atoms with Crippen molar-refractivity contribution in [3.05, 3.63) is 33.1 Å². The maximum Gasteiger partial charge on any atom is 0.278 e. The predicted octanol–water partition coefficient (Wildman–Crippen LogP) is 3.54. The van der Waals surface area contributed by atoms with Crippen LogP contribution in [0.2, 0.25) is 0 Å². The van der Waals surface area contributed by atoms with Gasteiger partial charge >= 0.3 is 0 Å². The van der Waals surface area contributed by atoms with Crippen molar-refractivity contribution in [2.75, 3.05) is 0 Å². The number of nitrogens with zero attached hydrogens (tertiary/aromatic N) is 2. The number of aryl methyl sites for hydroxylation is 1. The summed E-state index contributed by atoms with van der Waals surface area (Å²) in [4.78, 5) is 27.2. The largest absolute Gasteiger partial charge is 0.299 e. The Morgan fingerprint density at radius 3 is 2.76 bits per heavy atom. The number of aromatic nitrogens is 1. The number of ketones is 1. The highest BCUT2D eigenvalue weighted by molar-refractivity contribution is 5.82. The molecule has 5 nitrogen and oxygen atoms in total. The van der Waals surface area contributed by atoms with Gasteiger partial charge in [0.05, 0.1) is 10.6 Å². The molecule has 1 heterocycles. The molecular weight excluding hydrogens is 268 g/mol. The first-order valence-corrected chi connectivity index (χ1v) is 7.56. The molecule has 2 atom stereocenters. The zero-order valence-electron chi connectivity index (χ0n) is 12.9. The number of Topliss-reactive ketones (excluding diaryl/α,β-unsaturated/α-hetero) is 1. The van der Waals surface area contributed by atoms with E-state index in [0.717, 1.165) is 19.3 Å². The third-order valence-electron chi connectivity index (χ3n) is 4.65. The van der Waals surface area contributed by atoms with Gasteiger partial charge < -0.3 is 0 Å². The van der Waals surface area contributed by atoms with Crippen molar-refractivity contribution in [3.63, 3.8) is 0 Å². The highest BCUT2D eigenvalue weighted by Gasteiger charge is 2.30. The Balaban J connectivity index is 2.25. The molecule has 0 amide bonds. The van der Waals surface area contributed by atoms with E-state index in [1.165, 1.54) is 0 Å². The Morgan fingerprint density at radius 2 is 2.14 bits per heavy atom. The quantitative estimate of drug-likeness (QED) is 0.628. The average molecular weight is 290 g/mol. The van der Waals surface area contributed by atoms with Crippen molar-refractivity contribution in [3.8, 4) is 0 Å². The van der Waals surface area contributed by atoms with E-state index in [2.05, 4.69) is 11.9 Å². The molecule has 0 aromatic carbocycles. The monoisotopic (exact) mass is 290 g/mol. The minimum Gasteiger partial charge on any atom is -0.299 e. The van der Waals surface area contributed by atoms with Crippen LogP contribution in [0.15, 0.2) is 6.20 Å². The summed E-state index contributed by atoms with van der Waals surface area (Å²) in [6.45, 7) is 5.58. The van der Waals surface area contributed by atoms with Gasteiger partial charge in [0, 0.05) is 29.7 Å². The van der Waals surface area contributed by atoms with Gasteiger partial charge in [-0.1, -0.05) is 13.3 Å². The number of hydrogen-bond donors (Lipinski definition) is 0. The summed E-state index contributed by atoms with van der Waals surface area (Å²) in [6, 6.07) is 0. The predicted molar refractivity (Wildman–Crippen MR) is 80.2 cm³/mol. The lowest BCUT2D eigenvalue weighted by Crippen LogP contribution is -2.27. The van der Waals surface area contributed by atoms with Crippen molar-refractivity contribution < 1.29 is 9.72 Å². The van der Waals surface area contributed by atoms with E-state index in [9.17, 15) is 14.9 Å². The molecule has 2 rings (SSSR count). The Labute approximate surface area is 124 Å². The molecule has 114 valence electrons. The van der Waals surface area contributed by atoms with E-state index in [-0.39, 0.29) is 22.3 Å². The van der Waals surface area contributed by atoms with Crippen LogP contribution in [0.5, 0.6) is 0 Å². The smallest absolute Gasteiger partial charge is 0.278 e. The fourth-order valence-corrected chi connectivity index (χ4v) is 3.26. The SMILES string of the molecule is CCC1CCC(=O)C(Cc2ncc(C)c([N+](=O)[O-])c2C)C1. The first-order chi connectivity index (χ1) is 9.93. The first kappa shape index (κ1) is 15.6. The molecule has 0 spiro atoms. The molecule has 1 aromatic rings. The molecule has 1 aromatic heterocycles. The highest BCUT2D eigenvalue weighted by atomic mass is 16.6. The number of hydrogen-bond acceptors (Lipinski definition) is 4. The van der Waals surface area contributed by atoms with Crippen molar-refractivity contribution >= 4 is 11.5 Å². The van der Waals surface area contributed by atoms with Gasteiger partial charge in [0.25, 0.3) is 5.69 Å². The Kier molecular flexibility index (Phi) is 4.70. The van der Waals surface area contributed by atoms with E-state index in [0.29, 0.717) is 35.6 Å². The van der Waals surface area contributed by atoms with Crippen molar-refractivity contribution in [2.45, 2.75) is 52.9 Å². The molecule has 0 bridgehead atoms. The van der Waals surface area contributed by atoms with E-state index in [1.807, 2.05) is 0 Å². The lowest BCUT2D eigenvalue weighted by atomic mass is 9.77. The second-order valence-corrected chi connectivity index (χ2v) is 6.03. The number of carbonyl (C=O) groups excluding carboxylic acids is 1. The molecule has 2 unspecified atom stereocenters. The molecule has 5 heteroatoms. The van der Waals surface area contributed by atoms with Crippen LogP contribution >= 0.6 is 0 Å². The maximum absolute atomic E-state index is 12.1. The molecular formula is C16H22N2O3. The minimum absolute atomic E-state index is 0.0304. The summed E-state index contributed by atoms with van der Waals surface area (Å²) < 4.78 is 0. The van der Waals surface area contributed by atoms with Gasteiger partial charge in [-0.3, -0.25) is 19.9 Å². The van der Waals surface area contributed by atoms with Crippen LogP contribution < -0.4 is 0 Å². The normalized spacial score (nSPS) is 22.3. The highest BCUT2D eigenvalue weighted by Crippen LogP contribution is 2.32. The molecule has 1 aliphatic carbocycles. The van der Waals surface area contributed by atoms with Crippen LogP contribution in [0.3, 0.4) is 0 Å². The van der Waals surface area contributed by atoms with Crippen molar-refractivity contribution in [2.24, 2.45) is 11.8 Å². The van der Waals surface area contributed by atoms with Crippen molar-refractivity contribution in [1.29, 1.82) is 0 Å². The van der Waals surface area contributed by atoms with Gasteiger partial charge in [0.15, 0.2) is 0 Å². The fraction of sp³-hybridized carbons (Fsp3) is 0.625. The van der Waals surface area contributed by atoms with Gasteiger partial charge in [0.2, 0.25) is 0 Å². The van der Waals surface area contributed by atoms with Crippen LogP contribution in [0.25, 0.3) is 0 Å². The van der Waals surface area contributed by atoms with Crippen LogP contribution in [0, 0.1) is 35.8 Å². The zero-order valence-corrected chi connectivity index (χ0v) is 12.9. The van der Waals surface area contributed by atoms with Crippen LogP contribution in [0.1, 0.15) is 49.4 Å². The Bertz CT molecular complexity index is 569. The molecule has 1 aliphatic rings. The number of pyridine rings is 1. The number of nitro groups is 1. The van der Waals surface area contributed by atoms with Gasteiger partial charge in [-0.25, -0.2) is 0 Å². The number of rotatable bonds is 4. The minimum atomic E-state index is -0.354. The van der Waals surface area contributed by atoms with Crippen LogP contribution in [-0.4, -0.2) is 15.7 Å². The van der Waals surface area contributed by atoms with Gasteiger partial charge in [-0.15, -0.1) is 0 Å². The summed E-state index contributed by atoms with van der Waals surface area (Å²) in [6.07, 6.45) is 5.66. The summed E-state index contributed by atoms with van der Waals surface area (Å²) in [7, 11) is 0. The van der Waals surface area contributed by atoms with E-state index in [1.54, 1.807) is 20.0 Å². The number of carbonyl (C=O) groups is 1. The third-order valence-corrected chi connectivity index (χ3v) is 4.65. The summed E-state index contributed by atoms with van der Waals surface area (Å²) in [5.74, 6) is 0.842. The van der Waals surface area contributed by atoms with E-state index in [4.69, 9.17) is 0 Å². The Hall–Kier alpha value is -1.78. The average Bonchev–Trinajstić information content (AvgIpc) is 2.43. The van der Waals surface area contributed by atoms with Crippen LogP contribution in [0.4, 0.5) is 5.69 Å². The fourth-order valence-electron chi connectivity index (χ4n) is 3.26. The van der Waals surface area contributed by atoms with Gasteiger partial charge in [-0.05, 0) is 39.0 Å². The van der Waals surface area contributed by atoms with Gasteiger partial charge in [-0.2, -0.15) is 0 Å². The second kappa shape index (κ2) is 6.33. The third kappa shape index (κ3) is 3.28. The molecule has 1 saturated carbocycles. The summed E-state index contributed by atoms with van der Waals surface area (Å²) in [5, 5.41) is 11.2. The van der Waals surface area contributed by atoms with Crippen LogP contribution in [-0.2, 0) is 11.2 Å². The topological polar surface area (TPSA) is 73.1 Å². The molecule has 0 saturated heterocycles. The summed E-state index contributed by atoms with van der Waals surface area (Å²) in [5.41, 5.74) is 2.01. The molecule has 0 aliphatic heterocycles. The second-order valence-electron chi connectivity index (χ2n) is 6.03. The van der Waals surface area contributed by atoms with Gasteiger partial charge in [0.1, 0.15) is 5.78 Å². The maximum atomic E-state index is 12.1. The lowest BCUT2D eigenvalue weighted by Gasteiger charge is -2.27. The molecule has 0 N–H and O–H groups in total. The molecule has 21 heavy (non-hydrogen) atoms. The standard InChI is InChI=1S/C16H22N2O3/c1-4-12-5-6-15(19)13(7-12)8-14-11(3)16(18(20)21)10(2)9-17-14/h9,12-13H,4-8H2,1-3H3. The van der Waals surface area contributed by atoms with E-state index >= 15 is 0 Å². The van der Waals surface area contributed by atoms with Crippen molar-refractivity contribution in [1.82, 2.24) is 4.98 Å². The van der Waals surface area contributed by atoms with E-state index < -0.39 is 0 Å². The zero-order chi connectivity index (χ0) is 15.6. The Morgan fingerprint density at radius 1 is 1.43 bits per heavy atom.